The number of hydrogen-bond acceptors (Lipinski definition) is 3. The average Bonchev–Trinajstić information content (AvgIpc) is 2.78. The van der Waals surface area contributed by atoms with E-state index in [2.05, 4.69) is 5.32 Å². The molecule has 4 heteroatoms. The summed E-state index contributed by atoms with van der Waals surface area (Å²) in [5.41, 5.74) is 0.923. The Morgan fingerprint density at radius 3 is 2.74 bits per heavy atom. The Morgan fingerprint density at radius 2 is 2.05 bits per heavy atom. The quantitative estimate of drug-likeness (QED) is 0.892. The van der Waals surface area contributed by atoms with Crippen molar-refractivity contribution in [3.8, 4) is 0 Å². The molecule has 1 aromatic carbocycles. The Kier molecular flexibility index (Phi) is 3.62. The third-order valence-corrected chi connectivity index (χ3v) is 3.18. The summed E-state index contributed by atoms with van der Waals surface area (Å²) in [4.78, 5) is 12.1. The van der Waals surface area contributed by atoms with Crippen LogP contribution in [-0.4, -0.2) is 23.7 Å². The second-order valence-electron chi connectivity index (χ2n) is 5.74. The smallest absolute Gasteiger partial charge is 0.255 e. The van der Waals surface area contributed by atoms with Gasteiger partial charge in [-0.15, -0.1) is 0 Å². The van der Waals surface area contributed by atoms with Crippen LogP contribution < -0.4 is 5.32 Å². The zero-order valence-corrected chi connectivity index (χ0v) is 11.4. The number of carbonyl (C=O) groups is 1. The monoisotopic (exact) mass is 261 g/mol. The number of rotatable bonds is 3. The molecular formula is C15H19NO3. The number of furan rings is 1. The molecule has 0 aliphatic rings. The van der Waals surface area contributed by atoms with Crippen molar-refractivity contribution in [2.45, 2.75) is 26.9 Å². The van der Waals surface area contributed by atoms with Crippen LogP contribution in [0.1, 0.15) is 31.1 Å². The maximum absolute atomic E-state index is 12.1. The number of hydrogen-bond donors (Lipinski definition) is 2. The maximum atomic E-state index is 12.1. The molecule has 2 rings (SSSR count). The number of carbonyl (C=O) groups excluding carboxylic acids is 1. The molecule has 1 amide bonds. The molecule has 0 aliphatic carbocycles. The minimum atomic E-state index is -0.588. The van der Waals surface area contributed by atoms with Crippen LogP contribution in [0.2, 0.25) is 0 Å². The Bertz CT molecular complexity index is 580. The first-order valence-electron chi connectivity index (χ1n) is 6.32. The Hall–Kier alpha value is -1.81. The molecule has 0 spiro atoms. The number of benzene rings is 1. The summed E-state index contributed by atoms with van der Waals surface area (Å²) < 4.78 is 5.32. The van der Waals surface area contributed by atoms with Gasteiger partial charge in [0.05, 0.1) is 11.7 Å². The summed E-state index contributed by atoms with van der Waals surface area (Å²) >= 11 is 0. The van der Waals surface area contributed by atoms with Crippen LogP contribution in [0, 0.1) is 5.41 Å². The average molecular weight is 261 g/mol. The van der Waals surface area contributed by atoms with Crippen LogP contribution in [0.4, 0.5) is 0 Å². The molecule has 1 heterocycles. The van der Waals surface area contributed by atoms with E-state index in [1.807, 2.05) is 45.0 Å². The van der Waals surface area contributed by atoms with Crippen LogP contribution in [0.25, 0.3) is 11.0 Å². The first-order valence-corrected chi connectivity index (χ1v) is 6.32. The van der Waals surface area contributed by atoms with Gasteiger partial charge >= 0.3 is 0 Å². The fourth-order valence-electron chi connectivity index (χ4n) is 1.74. The minimum absolute atomic E-state index is 0.224. The van der Waals surface area contributed by atoms with Crippen molar-refractivity contribution in [2.75, 3.05) is 6.54 Å². The molecule has 0 radical (unpaired) electrons. The largest absolute Gasteiger partial charge is 0.463 e. The lowest BCUT2D eigenvalue weighted by Crippen LogP contribution is -2.39. The second kappa shape index (κ2) is 5.05. The van der Waals surface area contributed by atoms with E-state index in [1.165, 1.54) is 6.26 Å². The standard InChI is InChI=1S/C15H19NO3/c1-15(2,3)13(17)8-16-14(18)11-9-19-12-7-5-4-6-10(11)12/h4-7,9,13,17H,8H2,1-3H3,(H,16,18). The first-order chi connectivity index (χ1) is 8.89. The van der Waals surface area contributed by atoms with Crippen LogP contribution in [0.3, 0.4) is 0 Å². The van der Waals surface area contributed by atoms with Gasteiger partial charge in [-0.05, 0) is 11.5 Å². The fraction of sp³-hybridized carbons (Fsp3) is 0.400. The molecule has 0 bridgehead atoms. The number of fused-ring (bicyclic) bond motifs is 1. The highest BCUT2D eigenvalue weighted by Gasteiger charge is 2.23. The Balaban J connectivity index is 2.09. The first kappa shape index (κ1) is 13.6. The molecule has 2 aromatic rings. The molecule has 1 atom stereocenters. The van der Waals surface area contributed by atoms with Gasteiger partial charge < -0.3 is 14.8 Å². The van der Waals surface area contributed by atoms with Crippen molar-refractivity contribution < 1.29 is 14.3 Å². The van der Waals surface area contributed by atoms with Crippen molar-refractivity contribution in [1.29, 1.82) is 0 Å². The van der Waals surface area contributed by atoms with Gasteiger partial charge in [-0.3, -0.25) is 4.79 Å². The highest BCUT2D eigenvalue weighted by molar-refractivity contribution is 6.05. The van der Waals surface area contributed by atoms with E-state index in [0.717, 1.165) is 5.39 Å². The molecule has 0 aliphatic heterocycles. The third-order valence-electron chi connectivity index (χ3n) is 3.18. The number of aliphatic hydroxyl groups is 1. The molecule has 0 saturated carbocycles. The zero-order valence-electron chi connectivity index (χ0n) is 11.4. The normalized spacial score (nSPS) is 13.5. The Morgan fingerprint density at radius 1 is 1.37 bits per heavy atom. The SMILES string of the molecule is CC(C)(C)C(O)CNC(=O)c1coc2ccccc12. The molecule has 19 heavy (non-hydrogen) atoms. The van der Waals surface area contributed by atoms with Crippen LogP contribution in [0.15, 0.2) is 34.9 Å². The van der Waals surface area contributed by atoms with Gasteiger partial charge in [0.2, 0.25) is 0 Å². The minimum Gasteiger partial charge on any atom is -0.463 e. The molecule has 1 unspecified atom stereocenters. The predicted octanol–water partition coefficient (Wildman–Crippen LogP) is 2.57. The van der Waals surface area contributed by atoms with Gasteiger partial charge in [-0.1, -0.05) is 39.0 Å². The fourth-order valence-corrected chi connectivity index (χ4v) is 1.74. The number of aliphatic hydroxyl groups excluding tert-OH is 1. The van der Waals surface area contributed by atoms with Crippen molar-refractivity contribution in [3.63, 3.8) is 0 Å². The Labute approximate surface area is 112 Å². The van der Waals surface area contributed by atoms with E-state index >= 15 is 0 Å². The lowest BCUT2D eigenvalue weighted by Gasteiger charge is -2.25. The molecule has 2 N–H and O–H groups in total. The van der Waals surface area contributed by atoms with Crippen molar-refractivity contribution in [2.24, 2.45) is 5.41 Å². The van der Waals surface area contributed by atoms with E-state index < -0.39 is 6.10 Å². The third kappa shape index (κ3) is 2.96. The van der Waals surface area contributed by atoms with Gasteiger partial charge in [0.15, 0.2) is 0 Å². The number of amides is 1. The second-order valence-corrected chi connectivity index (χ2v) is 5.74. The highest BCUT2D eigenvalue weighted by atomic mass is 16.3. The van der Waals surface area contributed by atoms with Crippen molar-refractivity contribution in [1.82, 2.24) is 5.32 Å². The van der Waals surface area contributed by atoms with Gasteiger partial charge in [-0.25, -0.2) is 0 Å². The zero-order chi connectivity index (χ0) is 14.0. The lowest BCUT2D eigenvalue weighted by atomic mass is 9.89. The van der Waals surface area contributed by atoms with E-state index in [0.29, 0.717) is 11.1 Å². The highest BCUT2D eigenvalue weighted by Crippen LogP contribution is 2.21. The predicted molar refractivity (Wildman–Crippen MR) is 74.0 cm³/mol. The van der Waals surface area contributed by atoms with Crippen LogP contribution in [0.5, 0.6) is 0 Å². The van der Waals surface area contributed by atoms with E-state index in [-0.39, 0.29) is 17.9 Å². The van der Waals surface area contributed by atoms with Crippen molar-refractivity contribution >= 4 is 16.9 Å². The topological polar surface area (TPSA) is 62.5 Å². The van der Waals surface area contributed by atoms with Gasteiger partial charge in [-0.2, -0.15) is 0 Å². The molecular weight excluding hydrogens is 242 g/mol. The maximum Gasteiger partial charge on any atom is 0.255 e. The molecule has 1 aromatic heterocycles. The van der Waals surface area contributed by atoms with Crippen LogP contribution in [-0.2, 0) is 0 Å². The van der Waals surface area contributed by atoms with Gasteiger partial charge in [0, 0.05) is 11.9 Å². The van der Waals surface area contributed by atoms with E-state index in [9.17, 15) is 9.90 Å². The number of para-hydroxylation sites is 1. The summed E-state index contributed by atoms with van der Waals surface area (Å²) in [6, 6.07) is 7.37. The van der Waals surface area contributed by atoms with E-state index in [4.69, 9.17) is 4.42 Å². The van der Waals surface area contributed by atoms with Gasteiger partial charge in [0.1, 0.15) is 11.8 Å². The van der Waals surface area contributed by atoms with E-state index in [1.54, 1.807) is 0 Å². The molecule has 0 saturated heterocycles. The number of nitrogens with one attached hydrogen (secondary N) is 1. The summed E-state index contributed by atoms with van der Waals surface area (Å²) in [6.07, 6.45) is 0.860. The molecule has 102 valence electrons. The summed E-state index contributed by atoms with van der Waals surface area (Å²) in [5.74, 6) is -0.228. The molecule has 4 nitrogen and oxygen atoms in total. The van der Waals surface area contributed by atoms with Gasteiger partial charge in [0.25, 0.3) is 5.91 Å². The van der Waals surface area contributed by atoms with Crippen LogP contribution >= 0.6 is 0 Å². The lowest BCUT2D eigenvalue weighted by molar-refractivity contribution is 0.0587. The van der Waals surface area contributed by atoms with Crippen molar-refractivity contribution in [3.05, 3.63) is 36.1 Å². The molecule has 0 fully saturated rings. The summed E-state index contributed by atoms with van der Waals surface area (Å²) in [6.45, 7) is 6.01. The summed E-state index contributed by atoms with van der Waals surface area (Å²) in [7, 11) is 0. The summed E-state index contributed by atoms with van der Waals surface area (Å²) in [5, 5.41) is 13.4.